The number of aliphatic carboxylic acids is 1. The van der Waals surface area contributed by atoms with Gasteiger partial charge in [-0.1, -0.05) is 74.8 Å². The molecule has 146 valence electrons. The Balaban J connectivity index is 4.13. The van der Waals surface area contributed by atoms with Gasteiger partial charge < -0.3 is 20.4 Å². The summed E-state index contributed by atoms with van der Waals surface area (Å²) in [7, 11) is 0. The number of hydrogen-bond donors (Lipinski definition) is 4. The minimum absolute atomic E-state index is 0.0786. The van der Waals surface area contributed by atoms with Gasteiger partial charge in [0.1, 0.15) is 0 Å². The van der Waals surface area contributed by atoms with Crippen molar-refractivity contribution < 1.29 is 25.2 Å². The van der Waals surface area contributed by atoms with Crippen LogP contribution in [0.25, 0.3) is 0 Å². The number of aliphatic hydroxyl groups is 3. The van der Waals surface area contributed by atoms with Crippen molar-refractivity contribution in [1.29, 1.82) is 0 Å². The van der Waals surface area contributed by atoms with Crippen LogP contribution in [-0.4, -0.2) is 38.6 Å². The molecule has 0 amide bonds. The van der Waals surface area contributed by atoms with E-state index < -0.39 is 18.2 Å². The van der Waals surface area contributed by atoms with Crippen LogP contribution < -0.4 is 0 Å². The molecule has 0 unspecified atom stereocenters. The van der Waals surface area contributed by atoms with Crippen molar-refractivity contribution in [3.63, 3.8) is 0 Å². The second-order valence-corrected chi connectivity index (χ2v) is 6.02. The molecule has 5 nitrogen and oxygen atoms in total. The molecular formula is C21H32O5. The van der Waals surface area contributed by atoms with Crippen LogP contribution in [-0.2, 0) is 4.79 Å². The van der Waals surface area contributed by atoms with Gasteiger partial charge in [0.15, 0.2) is 0 Å². The largest absolute Gasteiger partial charge is 0.515 e. The highest BCUT2D eigenvalue weighted by atomic mass is 16.4. The van der Waals surface area contributed by atoms with Crippen LogP contribution >= 0.6 is 0 Å². The Kier molecular flexibility index (Phi) is 15.0. The van der Waals surface area contributed by atoms with E-state index in [9.17, 15) is 15.0 Å². The van der Waals surface area contributed by atoms with Crippen LogP contribution in [0.1, 0.15) is 51.9 Å². The molecule has 0 heterocycles. The van der Waals surface area contributed by atoms with Gasteiger partial charge in [0, 0.05) is 6.42 Å². The van der Waals surface area contributed by atoms with E-state index in [0.29, 0.717) is 24.8 Å². The molecule has 2 atom stereocenters. The van der Waals surface area contributed by atoms with Gasteiger partial charge in [0.25, 0.3) is 0 Å². The van der Waals surface area contributed by atoms with Crippen molar-refractivity contribution in [1.82, 2.24) is 0 Å². The van der Waals surface area contributed by atoms with Crippen LogP contribution in [0.2, 0.25) is 0 Å². The van der Waals surface area contributed by atoms with Crippen molar-refractivity contribution >= 4 is 5.97 Å². The number of carboxylic acids is 1. The molecule has 0 aromatic heterocycles. The standard InChI is InChI=1S/C21H32O5/c1-2-3-8-14-19(23)20(24)15-10-7-5-4-6-9-12-18(17-22)13-11-16-21(25)26/h4-7,9-10,12,15,17,19-20,22-24H,2-3,8,11,13-14,16H2,1H3,(H,25,26)/b6-4-,7-5+,12-9+,15-10+,18-17-/t19-,20+/m1/s1. The van der Waals surface area contributed by atoms with Gasteiger partial charge in [-0.05, 0) is 24.8 Å². The summed E-state index contributed by atoms with van der Waals surface area (Å²) in [4.78, 5) is 10.4. The van der Waals surface area contributed by atoms with Crippen molar-refractivity contribution in [2.75, 3.05) is 0 Å². The number of unbranched alkanes of at least 4 members (excludes halogenated alkanes) is 2. The van der Waals surface area contributed by atoms with Crippen LogP contribution in [0.15, 0.2) is 60.4 Å². The summed E-state index contributed by atoms with van der Waals surface area (Å²) in [6, 6.07) is 0. The van der Waals surface area contributed by atoms with E-state index in [1.54, 1.807) is 48.6 Å². The summed E-state index contributed by atoms with van der Waals surface area (Å²) in [6.07, 6.45) is 17.9. The SMILES string of the molecule is CCCCC[C@@H](O)[C@@H](O)/C=C/C=C/C=C\C=C\C(=C\O)CCCC(=O)O. The molecule has 0 saturated heterocycles. The second-order valence-electron chi connectivity index (χ2n) is 6.02. The van der Waals surface area contributed by atoms with Gasteiger partial charge in [-0.2, -0.15) is 0 Å². The summed E-state index contributed by atoms with van der Waals surface area (Å²) in [5.41, 5.74) is 0.667. The molecular weight excluding hydrogens is 332 g/mol. The maximum Gasteiger partial charge on any atom is 0.303 e. The van der Waals surface area contributed by atoms with E-state index in [2.05, 4.69) is 6.92 Å². The van der Waals surface area contributed by atoms with E-state index in [4.69, 9.17) is 10.2 Å². The van der Waals surface area contributed by atoms with Crippen molar-refractivity contribution in [2.24, 2.45) is 0 Å². The van der Waals surface area contributed by atoms with Gasteiger partial charge in [-0.3, -0.25) is 4.79 Å². The van der Waals surface area contributed by atoms with Crippen LogP contribution in [0, 0.1) is 0 Å². The molecule has 26 heavy (non-hydrogen) atoms. The molecule has 4 N–H and O–H groups in total. The van der Waals surface area contributed by atoms with E-state index in [-0.39, 0.29) is 6.42 Å². The summed E-state index contributed by atoms with van der Waals surface area (Å²) in [5.74, 6) is -0.844. The van der Waals surface area contributed by atoms with Crippen LogP contribution in [0.5, 0.6) is 0 Å². The molecule has 0 rings (SSSR count). The molecule has 0 radical (unpaired) electrons. The van der Waals surface area contributed by atoms with Crippen LogP contribution in [0.3, 0.4) is 0 Å². The third-order valence-corrected chi connectivity index (χ3v) is 3.69. The number of rotatable bonds is 14. The lowest BCUT2D eigenvalue weighted by molar-refractivity contribution is -0.137. The average Bonchev–Trinajstić information content (AvgIpc) is 2.61. The first-order chi connectivity index (χ1) is 12.5. The number of aliphatic hydroxyl groups excluding tert-OH is 3. The predicted octanol–water partition coefficient (Wildman–Crippen LogP) is 4.21. The first kappa shape index (κ1) is 23.9. The Morgan fingerprint density at radius 2 is 1.58 bits per heavy atom. The first-order valence-corrected chi connectivity index (χ1v) is 9.10. The van der Waals surface area contributed by atoms with Gasteiger partial charge >= 0.3 is 5.97 Å². The van der Waals surface area contributed by atoms with Gasteiger partial charge in [0.2, 0.25) is 0 Å². The van der Waals surface area contributed by atoms with Gasteiger partial charge in [-0.25, -0.2) is 0 Å². The van der Waals surface area contributed by atoms with E-state index in [1.807, 2.05) is 0 Å². The minimum atomic E-state index is -0.858. The van der Waals surface area contributed by atoms with E-state index in [1.165, 1.54) is 0 Å². The summed E-state index contributed by atoms with van der Waals surface area (Å²) in [6.45, 7) is 2.09. The highest BCUT2D eigenvalue weighted by Gasteiger charge is 2.11. The fraction of sp³-hybridized carbons (Fsp3) is 0.476. The predicted molar refractivity (Wildman–Crippen MR) is 105 cm³/mol. The zero-order chi connectivity index (χ0) is 19.6. The Morgan fingerprint density at radius 3 is 2.19 bits per heavy atom. The molecule has 0 aliphatic heterocycles. The highest BCUT2D eigenvalue weighted by molar-refractivity contribution is 5.66. The molecule has 0 fully saturated rings. The molecule has 0 aromatic carbocycles. The Morgan fingerprint density at radius 1 is 0.923 bits per heavy atom. The second kappa shape index (κ2) is 16.4. The normalized spacial score (nSPS) is 15.6. The number of carboxylic acid groups (broad SMARTS) is 1. The maximum atomic E-state index is 10.4. The lowest BCUT2D eigenvalue weighted by atomic mass is 10.1. The van der Waals surface area contributed by atoms with E-state index >= 15 is 0 Å². The minimum Gasteiger partial charge on any atom is -0.515 e. The average molecular weight is 364 g/mol. The molecule has 0 saturated carbocycles. The van der Waals surface area contributed by atoms with Crippen molar-refractivity contribution in [3.05, 3.63) is 60.4 Å². The first-order valence-electron chi connectivity index (χ1n) is 9.10. The Bertz CT molecular complexity index is 514. The fourth-order valence-electron chi connectivity index (χ4n) is 2.15. The fourth-order valence-corrected chi connectivity index (χ4v) is 2.15. The third-order valence-electron chi connectivity index (χ3n) is 3.69. The zero-order valence-corrected chi connectivity index (χ0v) is 15.5. The lowest BCUT2D eigenvalue weighted by Gasteiger charge is -2.13. The number of hydrogen-bond acceptors (Lipinski definition) is 4. The molecule has 0 spiro atoms. The topological polar surface area (TPSA) is 98.0 Å². The Hall–Kier alpha value is -2.11. The van der Waals surface area contributed by atoms with Gasteiger partial charge in [-0.15, -0.1) is 0 Å². The quantitative estimate of drug-likeness (QED) is 0.210. The molecule has 0 aromatic rings. The smallest absolute Gasteiger partial charge is 0.303 e. The molecule has 0 bridgehead atoms. The summed E-state index contributed by atoms with van der Waals surface area (Å²) in [5, 5.41) is 37.2. The van der Waals surface area contributed by atoms with Crippen molar-refractivity contribution in [3.8, 4) is 0 Å². The summed E-state index contributed by atoms with van der Waals surface area (Å²) < 4.78 is 0. The molecule has 5 heteroatoms. The van der Waals surface area contributed by atoms with Crippen LogP contribution in [0.4, 0.5) is 0 Å². The van der Waals surface area contributed by atoms with E-state index in [0.717, 1.165) is 25.5 Å². The maximum absolute atomic E-state index is 10.4. The monoisotopic (exact) mass is 364 g/mol. The summed E-state index contributed by atoms with van der Waals surface area (Å²) >= 11 is 0. The van der Waals surface area contributed by atoms with Crippen molar-refractivity contribution in [2.45, 2.75) is 64.1 Å². The lowest BCUT2D eigenvalue weighted by Crippen LogP contribution is -2.23. The number of allylic oxidation sites excluding steroid dienone is 8. The van der Waals surface area contributed by atoms with Gasteiger partial charge in [0.05, 0.1) is 18.5 Å². The molecule has 0 aliphatic rings. The number of carbonyl (C=O) groups is 1. The Labute approximate surface area is 156 Å². The molecule has 0 aliphatic carbocycles. The third kappa shape index (κ3) is 14.3. The highest BCUT2D eigenvalue weighted by Crippen LogP contribution is 2.09. The zero-order valence-electron chi connectivity index (χ0n) is 15.5.